The Morgan fingerprint density at radius 1 is 1.36 bits per heavy atom. The Kier molecular flexibility index (Phi) is 3.34. The van der Waals surface area contributed by atoms with Crippen LogP contribution in [-0.2, 0) is 4.74 Å². The van der Waals surface area contributed by atoms with Gasteiger partial charge >= 0.3 is 0 Å². The Morgan fingerprint density at radius 3 is 2.45 bits per heavy atom. The first-order chi connectivity index (χ1) is 5.33. The van der Waals surface area contributed by atoms with Crippen molar-refractivity contribution in [1.82, 2.24) is 0 Å². The minimum Gasteiger partial charge on any atom is -0.375 e. The monoisotopic (exact) mass is 157 g/mol. The van der Waals surface area contributed by atoms with Gasteiger partial charge in [-0.25, -0.2) is 0 Å². The Labute approximate surface area is 69.1 Å². The Morgan fingerprint density at radius 2 is 2.00 bits per heavy atom. The van der Waals surface area contributed by atoms with E-state index in [1.165, 1.54) is 25.7 Å². The van der Waals surface area contributed by atoms with Gasteiger partial charge in [-0.1, -0.05) is 12.8 Å². The lowest BCUT2D eigenvalue weighted by Gasteiger charge is -2.28. The van der Waals surface area contributed by atoms with Crippen molar-refractivity contribution in [2.45, 2.75) is 44.6 Å². The average molecular weight is 157 g/mol. The van der Waals surface area contributed by atoms with Gasteiger partial charge in [0.25, 0.3) is 0 Å². The topological polar surface area (TPSA) is 35.2 Å². The zero-order chi connectivity index (χ0) is 8.16. The Bertz CT molecular complexity index is 100. The van der Waals surface area contributed by atoms with Crippen molar-refractivity contribution in [3.8, 4) is 0 Å². The predicted molar refractivity (Wildman–Crippen MR) is 46.5 cm³/mol. The van der Waals surface area contributed by atoms with Gasteiger partial charge in [-0.2, -0.15) is 0 Å². The third-order valence-electron chi connectivity index (χ3n) is 2.57. The highest BCUT2D eigenvalue weighted by molar-refractivity contribution is 4.86. The first kappa shape index (κ1) is 9.01. The summed E-state index contributed by atoms with van der Waals surface area (Å²) in [4.78, 5) is 0. The van der Waals surface area contributed by atoms with Crippen LogP contribution >= 0.6 is 0 Å². The molecule has 2 nitrogen and oxygen atoms in total. The second kappa shape index (κ2) is 4.07. The highest BCUT2D eigenvalue weighted by Gasteiger charge is 2.33. The number of hydrogen-bond donors (Lipinski definition) is 1. The van der Waals surface area contributed by atoms with Crippen LogP contribution < -0.4 is 5.73 Å². The molecule has 66 valence electrons. The van der Waals surface area contributed by atoms with E-state index in [0.29, 0.717) is 0 Å². The lowest BCUT2D eigenvalue weighted by molar-refractivity contribution is -0.0382. The molecule has 0 radical (unpaired) electrons. The van der Waals surface area contributed by atoms with Crippen LogP contribution in [0.15, 0.2) is 0 Å². The highest BCUT2D eigenvalue weighted by Crippen LogP contribution is 2.35. The summed E-state index contributed by atoms with van der Waals surface area (Å²) in [6.45, 7) is 3.66. The van der Waals surface area contributed by atoms with E-state index in [1.54, 1.807) is 0 Å². The second-order valence-corrected chi connectivity index (χ2v) is 3.36. The number of nitrogens with two attached hydrogens (primary N) is 1. The molecule has 0 heterocycles. The van der Waals surface area contributed by atoms with Gasteiger partial charge in [-0.3, -0.25) is 0 Å². The maximum Gasteiger partial charge on any atom is 0.0694 e. The molecule has 0 aromatic heterocycles. The molecule has 0 aromatic carbocycles. The summed E-state index contributed by atoms with van der Waals surface area (Å²) in [6.07, 6.45) is 6.12. The van der Waals surface area contributed by atoms with E-state index in [-0.39, 0.29) is 5.60 Å². The molecule has 1 saturated carbocycles. The summed E-state index contributed by atoms with van der Waals surface area (Å²) in [5.74, 6) is 0. The van der Waals surface area contributed by atoms with Crippen molar-refractivity contribution in [3.05, 3.63) is 0 Å². The first-order valence-corrected chi connectivity index (χ1v) is 4.67. The molecule has 2 N–H and O–H groups in total. The van der Waals surface area contributed by atoms with Gasteiger partial charge < -0.3 is 10.5 Å². The van der Waals surface area contributed by atoms with E-state index < -0.39 is 0 Å². The molecular weight excluding hydrogens is 138 g/mol. The molecule has 1 fully saturated rings. The lowest BCUT2D eigenvalue weighted by Crippen LogP contribution is -2.31. The zero-order valence-corrected chi connectivity index (χ0v) is 7.44. The minimum absolute atomic E-state index is 0.170. The minimum atomic E-state index is 0.170. The Balaban J connectivity index is 2.40. The molecule has 0 atom stereocenters. The van der Waals surface area contributed by atoms with Crippen LogP contribution in [0.1, 0.15) is 39.0 Å². The van der Waals surface area contributed by atoms with E-state index in [2.05, 4.69) is 6.92 Å². The third kappa shape index (κ3) is 2.17. The van der Waals surface area contributed by atoms with E-state index in [4.69, 9.17) is 10.5 Å². The van der Waals surface area contributed by atoms with Crippen molar-refractivity contribution in [2.75, 3.05) is 13.2 Å². The summed E-state index contributed by atoms with van der Waals surface area (Å²) < 4.78 is 5.75. The fourth-order valence-corrected chi connectivity index (χ4v) is 2.06. The largest absolute Gasteiger partial charge is 0.375 e. The molecule has 0 unspecified atom stereocenters. The fraction of sp³-hybridized carbons (Fsp3) is 1.00. The molecule has 0 bridgehead atoms. The summed E-state index contributed by atoms with van der Waals surface area (Å²) in [5, 5.41) is 0. The third-order valence-corrected chi connectivity index (χ3v) is 2.57. The smallest absolute Gasteiger partial charge is 0.0694 e. The van der Waals surface area contributed by atoms with Crippen molar-refractivity contribution in [3.63, 3.8) is 0 Å². The number of ether oxygens (including phenoxy) is 1. The van der Waals surface area contributed by atoms with Crippen LogP contribution in [0.5, 0.6) is 0 Å². The van der Waals surface area contributed by atoms with Crippen molar-refractivity contribution in [2.24, 2.45) is 5.73 Å². The number of hydrogen-bond acceptors (Lipinski definition) is 2. The van der Waals surface area contributed by atoms with Gasteiger partial charge in [0.1, 0.15) is 0 Å². The van der Waals surface area contributed by atoms with E-state index in [9.17, 15) is 0 Å². The lowest BCUT2D eigenvalue weighted by atomic mass is 9.98. The number of rotatable bonds is 4. The van der Waals surface area contributed by atoms with Crippen LogP contribution in [0, 0.1) is 0 Å². The van der Waals surface area contributed by atoms with Gasteiger partial charge in [0.15, 0.2) is 0 Å². The van der Waals surface area contributed by atoms with Gasteiger partial charge in [0.05, 0.1) is 5.60 Å². The first-order valence-electron chi connectivity index (χ1n) is 4.67. The maximum atomic E-state index is 5.75. The van der Waals surface area contributed by atoms with Crippen molar-refractivity contribution in [1.29, 1.82) is 0 Å². The molecule has 0 aliphatic heterocycles. The van der Waals surface area contributed by atoms with E-state index >= 15 is 0 Å². The normalized spacial score (nSPS) is 22.4. The van der Waals surface area contributed by atoms with Crippen molar-refractivity contribution >= 4 is 0 Å². The van der Waals surface area contributed by atoms with Gasteiger partial charge in [-0.15, -0.1) is 0 Å². The average Bonchev–Trinajstić information content (AvgIpc) is 2.39. The SMILES string of the molecule is CCOC1(CCN)CCCC1. The van der Waals surface area contributed by atoms with Gasteiger partial charge in [0, 0.05) is 6.61 Å². The van der Waals surface area contributed by atoms with Crippen LogP contribution in [-0.4, -0.2) is 18.8 Å². The van der Waals surface area contributed by atoms with E-state index in [1.807, 2.05) is 0 Å². The fourth-order valence-electron chi connectivity index (χ4n) is 2.06. The van der Waals surface area contributed by atoms with E-state index in [0.717, 1.165) is 19.6 Å². The summed E-state index contributed by atoms with van der Waals surface area (Å²) in [6, 6.07) is 0. The molecular formula is C9H19NO. The summed E-state index contributed by atoms with van der Waals surface area (Å²) >= 11 is 0. The molecule has 0 saturated heterocycles. The van der Waals surface area contributed by atoms with Gasteiger partial charge in [-0.05, 0) is 32.7 Å². The molecule has 2 heteroatoms. The summed E-state index contributed by atoms with van der Waals surface area (Å²) in [5.41, 5.74) is 5.71. The van der Waals surface area contributed by atoms with Crippen LogP contribution in [0.4, 0.5) is 0 Å². The van der Waals surface area contributed by atoms with Crippen LogP contribution in [0.2, 0.25) is 0 Å². The van der Waals surface area contributed by atoms with Crippen molar-refractivity contribution < 1.29 is 4.74 Å². The van der Waals surface area contributed by atoms with Gasteiger partial charge in [0.2, 0.25) is 0 Å². The molecule has 1 aliphatic carbocycles. The second-order valence-electron chi connectivity index (χ2n) is 3.36. The quantitative estimate of drug-likeness (QED) is 0.674. The van der Waals surface area contributed by atoms with Crippen LogP contribution in [0.3, 0.4) is 0 Å². The zero-order valence-electron chi connectivity index (χ0n) is 7.44. The molecule has 1 aliphatic rings. The highest BCUT2D eigenvalue weighted by atomic mass is 16.5. The molecule has 1 rings (SSSR count). The standard InChI is InChI=1S/C9H19NO/c1-2-11-9(7-8-10)5-3-4-6-9/h2-8,10H2,1H3. The molecule has 0 aromatic rings. The summed E-state index contributed by atoms with van der Waals surface area (Å²) in [7, 11) is 0. The molecule has 11 heavy (non-hydrogen) atoms. The molecule has 0 spiro atoms. The van der Waals surface area contributed by atoms with Crippen LogP contribution in [0.25, 0.3) is 0 Å². The maximum absolute atomic E-state index is 5.75. The Hall–Kier alpha value is -0.0800. The predicted octanol–water partition coefficient (Wildman–Crippen LogP) is 1.68. The molecule has 0 amide bonds.